The Bertz CT molecular complexity index is 694. The van der Waals surface area contributed by atoms with E-state index < -0.39 is 23.2 Å². The van der Waals surface area contributed by atoms with E-state index in [0.29, 0.717) is 22.2 Å². The van der Waals surface area contributed by atoms with Gasteiger partial charge in [0.05, 0.1) is 0 Å². The summed E-state index contributed by atoms with van der Waals surface area (Å²) in [5.74, 6) is 0.327. The predicted octanol–water partition coefficient (Wildman–Crippen LogP) is 0.999. The molecule has 0 aliphatic rings. The van der Waals surface area contributed by atoms with Crippen LogP contribution in [0.4, 0.5) is 32.0 Å². The summed E-state index contributed by atoms with van der Waals surface area (Å²) in [6, 6.07) is 3.22. The Kier molecular flexibility index (Phi) is 6.66. The molecule has 2 nitrogen and oxygen atoms in total. The van der Waals surface area contributed by atoms with E-state index in [4.69, 9.17) is 0 Å². The fourth-order valence-electron chi connectivity index (χ4n) is 2.36. The molecule has 0 bridgehead atoms. The van der Waals surface area contributed by atoms with E-state index >= 15 is 0 Å². The van der Waals surface area contributed by atoms with Crippen LogP contribution in [0.1, 0.15) is 18.4 Å². The quantitative estimate of drug-likeness (QED) is 0.189. The molecule has 1 aromatic carbocycles. The second-order valence-electron chi connectivity index (χ2n) is 5.55. The minimum absolute atomic E-state index is 0. The molecule has 24 heavy (non-hydrogen) atoms. The summed E-state index contributed by atoms with van der Waals surface area (Å²) < 4.78 is 80.1. The van der Waals surface area contributed by atoms with E-state index in [9.17, 15) is 26.3 Å². The number of alkyl halides is 6. The molecule has 0 aliphatic carbocycles. The van der Waals surface area contributed by atoms with Crippen LogP contribution in [0.15, 0.2) is 18.2 Å². The maximum Gasteiger partial charge on any atom is -1.00 e. The molecule has 0 aliphatic heterocycles. The standard InChI is InChI=1S/C14H15F6N2Se.HI/c1-8(2)7-21-9(3)23-12-6-10(4-5-11(12)21)22(13(15,16)17)14(18,19)20;/h4-6,8H,7H2,1-3H3;1H/q+1;/p-1. The van der Waals surface area contributed by atoms with Gasteiger partial charge in [-0.15, -0.1) is 0 Å². The Labute approximate surface area is 158 Å². The summed E-state index contributed by atoms with van der Waals surface area (Å²) in [5.41, 5.74) is -0.200. The average Bonchev–Trinajstić information content (AvgIpc) is 2.61. The van der Waals surface area contributed by atoms with Gasteiger partial charge in [-0.25, -0.2) is 0 Å². The van der Waals surface area contributed by atoms with Crippen LogP contribution in [0.2, 0.25) is 0 Å². The fourth-order valence-corrected chi connectivity index (χ4v) is 4.59. The van der Waals surface area contributed by atoms with Crippen LogP contribution in [0.5, 0.6) is 0 Å². The van der Waals surface area contributed by atoms with Crippen molar-refractivity contribution in [2.45, 2.75) is 39.9 Å². The molecular formula is C14H15F6IN2Se. The van der Waals surface area contributed by atoms with Crippen molar-refractivity contribution in [2.75, 3.05) is 4.90 Å². The van der Waals surface area contributed by atoms with Crippen molar-refractivity contribution in [3.05, 3.63) is 22.8 Å². The van der Waals surface area contributed by atoms with Gasteiger partial charge in [0.15, 0.2) is 0 Å². The summed E-state index contributed by atoms with van der Waals surface area (Å²) in [4.78, 5) is -1.45. The number of halogens is 7. The first kappa shape index (κ1) is 21.6. The Morgan fingerprint density at radius 3 is 2.08 bits per heavy atom. The number of anilines is 1. The van der Waals surface area contributed by atoms with E-state index in [2.05, 4.69) is 0 Å². The minimum Gasteiger partial charge on any atom is -1.00 e. The van der Waals surface area contributed by atoms with Gasteiger partial charge in [-0.3, -0.25) is 0 Å². The van der Waals surface area contributed by atoms with Crippen molar-refractivity contribution in [3.63, 3.8) is 0 Å². The molecule has 10 heteroatoms. The van der Waals surface area contributed by atoms with Gasteiger partial charge in [0.25, 0.3) is 0 Å². The topological polar surface area (TPSA) is 7.12 Å². The van der Waals surface area contributed by atoms with Crippen molar-refractivity contribution < 1.29 is 54.9 Å². The molecule has 0 unspecified atom stereocenters. The van der Waals surface area contributed by atoms with Crippen molar-refractivity contribution in [3.8, 4) is 0 Å². The number of aryl methyl sites for hydroxylation is 1. The van der Waals surface area contributed by atoms with Gasteiger partial charge in [0.2, 0.25) is 0 Å². The van der Waals surface area contributed by atoms with Crippen molar-refractivity contribution in [2.24, 2.45) is 5.92 Å². The first-order valence-corrected chi connectivity index (χ1v) is 8.49. The van der Waals surface area contributed by atoms with Gasteiger partial charge < -0.3 is 24.0 Å². The van der Waals surface area contributed by atoms with E-state index in [0.717, 1.165) is 16.7 Å². The largest absolute Gasteiger partial charge is 1.00 e. The number of aromatic nitrogens is 1. The van der Waals surface area contributed by atoms with Crippen molar-refractivity contribution >= 4 is 30.0 Å². The van der Waals surface area contributed by atoms with Crippen LogP contribution in [0.3, 0.4) is 0 Å². The molecule has 2 rings (SSSR count). The van der Waals surface area contributed by atoms with Gasteiger partial charge >= 0.3 is 134 Å². The molecule has 1 aromatic heterocycles. The van der Waals surface area contributed by atoms with E-state index in [-0.39, 0.29) is 38.5 Å². The van der Waals surface area contributed by atoms with Crippen LogP contribution in [-0.4, -0.2) is 27.1 Å². The summed E-state index contributed by atoms with van der Waals surface area (Å²) >= 11 is -0.275. The van der Waals surface area contributed by atoms with Gasteiger partial charge in [-0.05, 0) is 0 Å². The minimum atomic E-state index is -5.52. The molecule has 0 spiro atoms. The average molecular weight is 531 g/mol. The second kappa shape index (κ2) is 7.41. The maximum atomic E-state index is 12.8. The molecule has 0 N–H and O–H groups in total. The zero-order valence-electron chi connectivity index (χ0n) is 13.0. The normalized spacial score (nSPS) is 12.6. The van der Waals surface area contributed by atoms with Gasteiger partial charge in [-0.1, -0.05) is 0 Å². The third kappa shape index (κ3) is 4.57. The van der Waals surface area contributed by atoms with Gasteiger partial charge in [0.1, 0.15) is 0 Å². The molecule has 0 radical (unpaired) electrons. The summed E-state index contributed by atoms with van der Waals surface area (Å²) in [6.07, 6.45) is -11.0. The third-order valence-electron chi connectivity index (χ3n) is 3.18. The fraction of sp³-hybridized carbons (Fsp3) is 0.500. The number of nitrogens with zero attached hydrogens (tertiary/aromatic N) is 2. The van der Waals surface area contributed by atoms with E-state index in [1.807, 2.05) is 25.3 Å². The SMILES string of the molecule is Cc1[se]c2cc(N(C(F)(F)F)C(F)(F)F)ccc2[n+]1CC(C)C.[I-]. The molecule has 136 valence electrons. The Balaban J connectivity index is 0.00000288. The molecular weight excluding hydrogens is 516 g/mol. The number of benzene rings is 1. The van der Waals surface area contributed by atoms with Gasteiger partial charge in [-0.2, -0.15) is 0 Å². The molecule has 0 amide bonds. The first-order valence-electron chi connectivity index (χ1n) is 6.78. The van der Waals surface area contributed by atoms with Crippen molar-refractivity contribution in [1.29, 1.82) is 0 Å². The van der Waals surface area contributed by atoms with Crippen LogP contribution >= 0.6 is 0 Å². The summed E-state index contributed by atoms with van der Waals surface area (Å²) in [6.45, 7) is 6.54. The smallest absolute Gasteiger partial charge is 1.00 e. The summed E-state index contributed by atoms with van der Waals surface area (Å²) in [7, 11) is 0. The van der Waals surface area contributed by atoms with Crippen molar-refractivity contribution in [1.82, 2.24) is 0 Å². The maximum absolute atomic E-state index is 12.8. The number of hydrogen-bond acceptors (Lipinski definition) is 1. The van der Waals surface area contributed by atoms with E-state index in [1.165, 1.54) is 6.07 Å². The molecule has 0 saturated carbocycles. The zero-order valence-corrected chi connectivity index (χ0v) is 16.8. The Hall–Kier alpha value is -0.481. The number of hydrogen-bond donors (Lipinski definition) is 0. The molecule has 1 heterocycles. The van der Waals surface area contributed by atoms with Crippen LogP contribution in [0, 0.1) is 12.8 Å². The first-order chi connectivity index (χ1) is 10.4. The molecule has 0 atom stereocenters. The predicted molar refractivity (Wildman–Crippen MR) is 75.2 cm³/mol. The Morgan fingerprint density at radius 2 is 1.62 bits per heavy atom. The van der Waals surface area contributed by atoms with Crippen LogP contribution < -0.4 is 33.4 Å². The number of rotatable bonds is 3. The third-order valence-corrected chi connectivity index (χ3v) is 5.41. The van der Waals surface area contributed by atoms with E-state index in [1.54, 1.807) is 0 Å². The van der Waals surface area contributed by atoms with Crippen LogP contribution in [-0.2, 0) is 6.54 Å². The Morgan fingerprint density at radius 1 is 1.08 bits per heavy atom. The number of fused-ring (bicyclic) bond motifs is 1. The second-order valence-corrected chi connectivity index (χ2v) is 8.14. The summed E-state index contributed by atoms with van der Waals surface area (Å²) in [5, 5.41) is 0. The van der Waals surface area contributed by atoms with Crippen LogP contribution in [0.25, 0.3) is 9.78 Å². The molecule has 2 aromatic rings. The molecule has 0 saturated heterocycles. The molecule has 0 fully saturated rings. The van der Waals surface area contributed by atoms with Gasteiger partial charge in [0, 0.05) is 0 Å². The zero-order chi connectivity index (χ0) is 17.6. The monoisotopic (exact) mass is 532 g/mol.